The van der Waals surface area contributed by atoms with Crippen molar-refractivity contribution in [3.8, 4) is 0 Å². The van der Waals surface area contributed by atoms with Crippen LogP contribution in [0.25, 0.3) is 0 Å². The molecule has 5 nitrogen and oxygen atoms in total. The largest absolute Gasteiger partial charge is 0.477 e. The van der Waals surface area contributed by atoms with Gasteiger partial charge in [0.05, 0.1) is 4.90 Å². The third-order valence-electron chi connectivity index (χ3n) is 6.19. The van der Waals surface area contributed by atoms with E-state index < -0.39 is 21.3 Å². The number of likely N-dealkylation sites (tertiary alicyclic amines) is 1. The molecule has 3 atom stereocenters. The number of hydrogen-bond donors (Lipinski definition) is 0. The monoisotopic (exact) mass is 426 g/mol. The van der Waals surface area contributed by atoms with Crippen LogP contribution in [0.15, 0.2) is 64.5 Å². The number of sulfone groups is 1. The smallest absolute Gasteiger partial charge is 0.205 e. The van der Waals surface area contributed by atoms with Gasteiger partial charge in [-0.1, -0.05) is 54.4 Å². The second kappa shape index (κ2) is 9.31. The number of aliphatic imine (C=N–C) groups is 1. The lowest BCUT2D eigenvalue weighted by Gasteiger charge is -2.36. The Morgan fingerprint density at radius 2 is 1.80 bits per heavy atom. The molecule has 0 aliphatic carbocycles. The van der Waals surface area contributed by atoms with Crippen molar-refractivity contribution >= 4 is 16.2 Å². The topological polar surface area (TPSA) is 59.0 Å². The first kappa shape index (κ1) is 21.1. The normalized spacial score (nSPS) is 24.6. The highest BCUT2D eigenvalue weighted by atomic mass is 32.2. The van der Waals surface area contributed by atoms with Crippen molar-refractivity contribution in [1.82, 2.24) is 4.90 Å². The van der Waals surface area contributed by atoms with Crippen LogP contribution < -0.4 is 0 Å². The highest BCUT2D eigenvalue weighted by Crippen LogP contribution is 2.29. The molecule has 2 aliphatic heterocycles. The maximum atomic E-state index is 13.1. The number of rotatable bonds is 7. The Kier molecular flexibility index (Phi) is 6.54. The molecule has 0 saturated carbocycles. The van der Waals surface area contributed by atoms with Gasteiger partial charge in [0.2, 0.25) is 9.84 Å². The van der Waals surface area contributed by atoms with Crippen LogP contribution >= 0.6 is 0 Å². The molecule has 6 heteroatoms. The summed E-state index contributed by atoms with van der Waals surface area (Å²) in [5.41, 5.74) is 2.36. The zero-order valence-corrected chi connectivity index (χ0v) is 18.3. The van der Waals surface area contributed by atoms with Gasteiger partial charge < -0.3 is 4.74 Å². The SMILES string of the molecule is Cc1ccc(S(=O)(=O)C2N=COC2CCC2CCCCN2Cc2ccccc2)cc1. The maximum absolute atomic E-state index is 13.1. The summed E-state index contributed by atoms with van der Waals surface area (Å²) < 4.78 is 31.9. The Morgan fingerprint density at radius 1 is 1.03 bits per heavy atom. The van der Waals surface area contributed by atoms with Crippen LogP contribution in [0.5, 0.6) is 0 Å². The molecule has 4 rings (SSSR count). The van der Waals surface area contributed by atoms with Crippen LogP contribution in [-0.2, 0) is 21.1 Å². The summed E-state index contributed by atoms with van der Waals surface area (Å²) in [4.78, 5) is 7.04. The summed E-state index contributed by atoms with van der Waals surface area (Å²) in [7, 11) is -3.56. The summed E-state index contributed by atoms with van der Waals surface area (Å²) >= 11 is 0. The van der Waals surface area contributed by atoms with Gasteiger partial charge in [-0.2, -0.15) is 0 Å². The molecule has 1 saturated heterocycles. The van der Waals surface area contributed by atoms with Gasteiger partial charge in [0.15, 0.2) is 11.8 Å². The van der Waals surface area contributed by atoms with Crippen molar-refractivity contribution in [3.05, 3.63) is 65.7 Å². The van der Waals surface area contributed by atoms with E-state index in [4.69, 9.17) is 4.74 Å². The lowest BCUT2D eigenvalue weighted by molar-refractivity contribution is 0.113. The molecule has 0 aromatic heterocycles. The molecule has 3 unspecified atom stereocenters. The van der Waals surface area contributed by atoms with E-state index in [9.17, 15) is 8.42 Å². The minimum Gasteiger partial charge on any atom is -0.477 e. The lowest BCUT2D eigenvalue weighted by Crippen LogP contribution is -2.40. The fraction of sp³-hybridized carbons (Fsp3) is 0.458. The average molecular weight is 427 g/mol. The van der Waals surface area contributed by atoms with Gasteiger partial charge in [-0.25, -0.2) is 13.4 Å². The van der Waals surface area contributed by atoms with Crippen molar-refractivity contribution < 1.29 is 13.2 Å². The minimum absolute atomic E-state index is 0.314. The van der Waals surface area contributed by atoms with Gasteiger partial charge in [-0.05, 0) is 56.8 Å². The average Bonchev–Trinajstić information content (AvgIpc) is 3.24. The first-order valence-corrected chi connectivity index (χ1v) is 12.3. The van der Waals surface area contributed by atoms with E-state index in [0.717, 1.165) is 31.5 Å². The van der Waals surface area contributed by atoms with Crippen molar-refractivity contribution in [2.45, 2.75) is 68.0 Å². The summed E-state index contributed by atoms with van der Waals surface area (Å²) in [5.74, 6) is 0. The molecular weight excluding hydrogens is 396 g/mol. The number of hydrogen-bond acceptors (Lipinski definition) is 5. The number of piperidine rings is 1. The number of aryl methyl sites for hydroxylation is 1. The van der Waals surface area contributed by atoms with E-state index in [1.807, 2.05) is 25.1 Å². The zero-order chi connectivity index (χ0) is 21.0. The molecule has 0 bridgehead atoms. The molecule has 2 heterocycles. The fourth-order valence-corrected chi connectivity index (χ4v) is 6.07. The first-order valence-electron chi connectivity index (χ1n) is 10.8. The maximum Gasteiger partial charge on any atom is 0.205 e. The Labute approximate surface area is 179 Å². The van der Waals surface area contributed by atoms with Crippen molar-refractivity contribution in [2.75, 3.05) is 6.54 Å². The molecule has 0 spiro atoms. The van der Waals surface area contributed by atoms with Gasteiger partial charge >= 0.3 is 0 Å². The molecule has 0 N–H and O–H groups in total. The van der Waals surface area contributed by atoms with Crippen LogP contribution in [0, 0.1) is 6.92 Å². The predicted octanol–water partition coefficient (Wildman–Crippen LogP) is 4.36. The Balaban J connectivity index is 1.41. The molecular formula is C24H30N2O3S. The van der Waals surface area contributed by atoms with Gasteiger partial charge in [-0.3, -0.25) is 4.90 Å². The number of nitrogens with zero attached hydrogens (tertiary/aromatic N) is 2. The summed E-state index contributed by atoms with van der Waals surface area (Å²) in [6, 6.07) is 18.0. The molecule has 160 valence electrons. The fourth-order valence-electron chi connectivity index (χ4n) is 4.46. The molecule has 1 fully saturated rings. The van der Waals surface area contributed by atoms with E-state index in [2.05, 4.69) is 34.2 Å². The van der Waals surface area contributed by atoms with E-state index in [1.54, 1.807) is 12.1 Å². The van der Waals surface area contributed by atoms with E-state index in [-0.39, 0.29) is 0 Å². The van der Waals surface area contributed by atoms with Crippen LogP contribution in [0.3, 0.4) is 0 Å². The van der Waals surface area contributed by atoms with Gasteiger partial charge in [0.25, 0.3) is 0 Å². The second-order valence-electron chi connectivity index (χ2n) is 8.36. The molecule has 2 aromatic carbocycles. The summed E-state index contributed by atoms with van der Waals surface area (Å²) in [6.07, 6.45) is 6.10. The van der Waals surface area contributed by atoms with Crippen LogP contribution in [0.4, 0.5) is 0 Å². The van der Waals surface area contributed by atoms with Crippen molar-refractivity contribution in [3.63, 3.8) is 0 Å². The Morgan fingerprint density at radius 3 is 2.57 bits per heavy atom. The number of ether oxygens (including phenoxy) is 1. The Hall–Kier alpha value is -2.18. The van der Waals surface area contributed by atoms with Crippen LogP contribution in [0.1, 0.15) is 43.2 Å². The van der Waals surface area contributed by atoms with Crippen molar-refractivity contribution in [2.24, 2.45) is 4.99 Å². The first-order chi connectivity index (χ1) is 14.5. The molecule has 0 amide bonds. The predicted molar refractivity (Wildman–Crippen MR) is 119 cm³/mol. The van der Waals surface area contributed by atoms with E-state index in [1.165, 1.54) is 24.8 Å². The molecule has 30 heavy (non-hydrogen) atoms. The van der Waals surface area contributed by atoms with Gasteiger partial charge in [0.1, 0.15) is 6.10 Å². The highest BCUT2D eigenvalue weighted by molar-refractivity contribution is 7.92. The van der Waals surface area contributed by atoms with E-state index in [0.29, 0.717) is 17.4 Å². The van der Waals surface area contributed by atoms with Gasteiger partial charge in [-0.15, -0.1) is 0 Å². The molecule has 0 radical (unpaired) electrons. The molecule has 2 aromatic rings. The minimum atomic E-state index is -3.56. The van der Waals surface area contributed by atoms with Crippen LogP contribution in [0.2, 0.25) is 0 Å². The highest BCUT2D eigenvalue weighted by Gasteiger charge is 2.39. The zero-order valence-electron chi connectivity index (χ0n) is 17.5. The number of benzene rings is 2. The van der Waals surface area contributed by atoms with Gasteiger partial charge in [0, 0.05) is 12.6 Å². The van der Waals surface area contributed by atoms with Crippen molar-refractivity contribution in [1.29, 1.82) is 0 Å². The third-order valence-corrected chi connectivity index (χ3v) is 8.18. The standard InChI is InChI=1S/C24H30N2O3S/c1-19-10-13-22(14-11-19)30(27,28)24-23(29-18-25-24)15-12-21-9-5-6-16-26(21)17-20-7-3-2-4-8-20/h2-4,7-8,10-11,13-14,18,21,23-24H,5-6,9,12,15-17H2,1H3. The lowest BCUT2D eigenvalue weighted by atomic mass is 9.96. The molecule has 2 aliphatic rings. The Bertz CT molecular complexity index is 958. The second-order valence-corrected chi connectivity index (χ2v) is 10.4. The van der Waals surface area contributed by atoms with E-state index >= 15 is 0 Å². The summed E-state index contributed by atoms with van der Waals surface area (Å²) in [5, 5.41) is -0.855. The summed E-state index contributed by atoms with van der Waals surface area (Å²) in [6.45, 7) is 3.98. The quantitative estimate of drug-likeness (QED) is 0.660. The van der Waals surface area contributed by atoms with Crippen LogP contribution in [-0.4, -0.2) is 43.8 Å². The third kappa shape index (κ3) is 4.76.